The molecule has 0 saturated heterocycles. The van der Waals surface area contributed by atoms with Gasteiger partial charge in [0.25, 0.3) is 11.8 Å². The molecule has 1 heterocycles. The Morgan fingerprint density at radius 1 is 0.960 bits per heavy atom. The number of anilines is 1. The van der Waals surface area contributed by atoms with Gasteiger partial charge in [0.15, 0.2) is 0 Å². The van der Waals surface area contributed by atoms with Crippen LogP contribution in [0.4, 0.5) is 5.69 Å². The van der Waals surface area contributed by atoms with Crippen LogP contribution in [0.5, 0.6) is 0 Å². The number of rotatable bonds is 5. The summed E-state index contributed by atoms with van der Waals surface area (Å²) in [5.41, 5.74) is 1.24. The molecule has 0 atom stereocenters. The van der Waals surface area contributed by atoms with E-state index >= 15 is 0 Å². The molecule has 0 bridgehead atoms. The van der Waals surface area contributed by atoms with Crippen molar-refractivity contribution in [2.45, 2.75) is 12.8 Å². The Kier molecular flexibility index (Phi) is 5.06. The van der Waals surface area contributed by atoms with E-state index in [1.54, 1.807) is 42.5 Å². The molecule has 0 radical (unpaired) electrons. The van der Waals surface area contributed by atoms with Crippen molar-refractivity contribution in [1.29, 1.82) is 0 Å². The predicted octanol–water partition coefficient (Wildman–Crippen LogP) is 4.01. The number of carbonyl (C=O) groups excluding carboxylic acids is 3. The quantitative estimate of drug-likeness (QED) is 0.801. The lowest BCUT2D eigenvalue weighted by Gasteiger charge is -2.13. The molecule has 0 aliphatic carbocycles. The summed E-state index contributed by atoms with van der Waals surface area (Å²) >= 11 is 11.9. The van der Waals surface area contributed by atoms with E-state index in [9.17, 15) is 14.4 Å². The summed E-state index contributed by atoms with van der Waals surface area (Å²) in [6, 6.07) is 11.7. The number of nitrogens with zero attached hydrogens (tertiary/aromatic N) is 1. The largest absolute Gasteiger partial charge is 0.325 e. The second-order valence-electron chi connectivity index (χ2n) is 5.56. The van der Waals surface area contributed by atoms with Gasteiger partial charge in [0.2, 0.25) is 5.91 Å². The first-order valence-corrected chi connectivity index (χ1v) is 8.43. The van der Waals surface area contributed by atoms with E-state index < -0.39 is 0 Å². The van der Waals surface area contributed by atoms with E-state index in [0.29, 0.717) is 28.3 Å². The van der Waals surface area contributed by atoms with Crippen molar-refractivity contribution in [3.63, 3.8) is 0 Å². The zero-order chi connectivity index (χ0) is 18.0. The Morgan fingerprint density at radius 3 is 2.24 bits per heavy atom. The number of fused-ring (bicyclic) bond motifs is 1. The Labute approximate surface area is 154 Å². The minimum atomic E-state index is -0.320. The van der Waals surface area contributed by atoms with Crippen LogP contribution in [-0.2, 0) is 4.79 Å². The first-order chi connectivity index (χ1) is 12.0. The number of hydrogen-bond acceptors (Lipinski definition) is 3. The van der Waals surface area contributed by atoms with Crippen molar-refractivity contribution in [2.75, 3.05) is 11.9 Å². The summed E-state index contributed by atoms with van der Waals surface area (Å²) in [7, 11) is 0. The molecule has 2 aromatic rings. The van der Waals surface area contributed by atoms with Crippen molar-refractivity contribution in [2.24, 2.45) is 0 Å². The van der Waals surface area contributed by atoms with Gasteiger partial charge in [-0.15, -0.1) is 0 Å². The fraction of sp³-hybridized carbons (Fsp3) is 0.167. The van der Waals surface area contributed by atoms with Crippen LogP contribution in [0.25, 0.3) is 0 Å². The average molecular weight is 377 g/mol. The van der Waals surface area contributed by atoms with Crippen LogP contribution in [0.15, 0.2) is 42.5 Å². The summed E-state index contributed by atoms with van der Waals surface area (Å²) in [5.74, 6) is -0.904. The monoisotopic (exact) mass is 376 g/mol. The Hall–Kier alpha value is -2.37. The highest BCUT2D eigenvalue weighted by Gasteiger charge is 2.34. The topological polar surface area (TPSA) is 66.5 Å². The molecule has 1 aliphatic heterocycles. The predicted molar refractivity (Wildman–Crippen MR) is 96.1 cm³/mol. The molecule has 25 heavy (non-hydrogen) atoms. The maximum atomic E-state index is 12.2. The molecule has 0 unspecified atom stereocenters. The maximum Gasteiger partial charge on any atom is 0.261 e. The SMILES string of the molecule is O=C(CCCN1C(=O)c2ccccc2C1=O)Nc1cccc(Cl)c1Cl. The van der Waals surface area contributed by atoms with Crippen molar-refractivity contribution in [1.82, 2.24) is 4.90 Å². The van der Waals surface area contributed by atoms with Crippen LogP contribution >= 0.6 is 23.2 Å². The van der Waals surface area contributed by atoms with Crippen molar-refractivity contribution >= 4 is 46.6 Å². The highest BCUT2D eigenvalue weighted by atomic mass is 35.5. The molecule has 3 amide bonds. The highest BCUT2D eigenvalue weighted by Crippen LogP contribution is 2.29. The van der Waals surface area contributed by atoms with Crippen LogP contribution < -0.4 is 5.32 Å². The molecule has 1 aliphatic rings. The van der Waals surface area contributed by atoms with Crippen molar-refractivity contribution in [3.05, 3.63) is 63.6 Å². The normalized spacial score (nSPS) is 13.1. The first kappa shape index (κ1) is 17.5. The number of halogens is 2. The van der Waals surface area contributed by atoms with Gasteiger partial charge in [-0.3, -0.25) is 19.3 Å². The second-order valence-corrected chi connectivity index (χ2v) is 6.35. The molecule has 128 valence electrons. The third-order valence-corrected chi connectivity index (χ3v) is 4.71. The summed E-state index contributed by atoms with van der Waals surface area (Å²) in [6.45, 7) is 0.184. The molecule has 1 N–H and O–H groups in total. The molecule has 0 spiro atoms. The van der Waals surface area contributed by atoms with Gasteiger partial charge in [-0.05, 0) is 30.7 Å². The Bertz CT molecular complexity index is 832. The van der Waals surface area contributed by atoms with Gasteiger partial charge in [0.1, 0.15) is 0 Å². The summed E-state index contributed by atoms with van der Waals surface area (Å²) in [6.07, 6.45) is 0.506. The number of imide groups is 1. The van der Waals surface area contributed by atoms with Gasteiger partial charge in [-0.2, -0.15) is 0 Å². The lowest BCUT2D eigenvalue weighted by Crippen LogP contribution is -2.31. The molecule has 0 fully saturated rings. The van der Waals surface area contributed by atoms with E-state index in [-0.39, 0.29) is 35.7 Å². The minimum Gasteiger partial charge on any atom is -0.325 e. The summed E-state index contributed by atoms with van der Waals surface area (Å²) < 4.78 is 0. The van der Waals surface area contributed by atoms with Gasteiger partial charge in [-0.25, -0.2) is 0 Å². The zero-order valence-corrected chi connectivity index (χ0v) is 14.6. The van der Waals surface area contributed by atoms with Gasteiger partial charge in [-0.1, -0.05) is 41.4 Å². The van der Waals surface area contributed by atoms with Crippen LogP contribution in [0.3, 0.4) is 0 Å². The number of benzene rings is 2. The van der Waals surface area contributed by atoms with Crippen LogP contribution in [-0.4, -0.2) is 29.2 Å². The van der Waals surface area contributed by atoms with E-state index in [4.69, 9.17) is 23.2 Å². The lowest BCUT2D eigenvalue weighted by molar-refractivity contribution is -0.116. The maximum absolute atomic E-state index is 12.2. The van der Waals surface area contributed by atoms with Crippen LogP contribution in [0.1, 0.15) is 33.6 Å². The van der Waals surface area contributed by atoms with Gasteiger partial charge < -0.3 is 5.32 Å². The fourth-order valence-electron chi connectivity index (χ4n) is 2.65. The van der Waals surface area contributed by atoms with Crippen LogP contribution in [0, 0.1) is 0 Å². The number of hydrogen-bond donors (Lipinski definition) is 1. The fourth-order valence-corrected chi connectivity index (χ4v) is 3.00. The smallest absolute Gasteiger partial charge is 0.261 e. The Balaban J connectivity index is 1.55. The zero-order valence-electron chi connectivity index (χ0n) is 13.1. The van der Waals surface area contributed by atoms with Crippen molar-refractivity contribution < 1.29 is 14.4 Å². The first-order valence-electron chi connectivity index (χ1n) is 7.68. The number of nitrogens with one attached hydrogen (secondary N) is 1. The third-order valence-electron chi connectivity index (χ3n) is 3.89. The molecule has 0 saturated carbocycles. The van der Waals surface area contributed by atoms with E-state index in [1.165, 1.54) is 4.90 Å². The molecule has 7 heteroatoms. The van der Waals surface area contributed by atoms with Gasteiger partial charge >= 0.3 is 0 Å². The minimum absolute atomic E-state index is 0.149. The molecule has 0 aromatic heterocycles. The molecule has 2 aromatic carbocycles. The highest BCUT2D eigenvalue weighted by molar-refractivity contribution is 6.44. The van der Waals surface area contributed by atoms with Crippen molar-refractivity contribution in [3.8, 4) is 0 Å². The van der Waals surface area contributed by atoms with Crippen LogP contribution in [0.2, 0.25) is 10.0 Å². The van der Waals surface area contributed by atoms with E-state index in [2.05, 4.69) is 5.32 Å². The van der Waals surface area contributed by atoms with Gasteiger partial charge in [0, 0.05) is 13.0 Å². The average Bonchev–Trinajstić information content (AvgIpc) is 2.84. The van der Waals surface area contributed by atoms with E-state index in [0.717, 1.165) is 0 Å². The number of carbonyl (C=O) groups is 3. The lowest BCUT2D eigenvalue weighted by atomic mass is 10.1. The van der Waals surface area contributed by atoms with Gasteiger partial charge in [0.05, 0.1) is 26.9 Å². The molecule has 5 nitrogen and oxygen atoms in total. The standard InChI is InChI=1S/C18H14Cl2N2O3/c19-13-7-3-8-14(16(13)20)21-15(23)9-4-10-22-17(24)11-5-1-2-6-12(11)18(22)25/h1-3,5-8H,4,9-10H2,(H,21,23). The number of amides is 3. The molecule has 3 rings (SSSR count). The second kappa shape index (κ2) is 7.25. The third kappa shape index (κ3) is 3.52. The molecular formula is C18H14Cl2N2O3. The summed E-state index contributed by atoms with van der Waals surface area (Å²) in [5, 5.41) is 3.30. The Morgan fingerprint density at radius 2 is 1.60 bits per heavy atom. The van der Waals surface area contributed by atoms with E-state index in [1.807, 2.05) is 0 Å². The molecular weight excluding hydrogens is 363 g/mol. The summed E-state index contributed by atoms with van der Waals surface area (Å²) in [4.78, 5) is 37.7.